The molecular weight excluding hydrogens is 621 g/mol. The molecule has 0 bridgehead atoms. The average Bonchev–Trinajstić information content (AvgIpc) is 3.77. The molecule has 1 aliphatic rings. The molecule has 10 nitrogen and oxygen atoms in total. The second-order valence-electron chi connectivity index (χ2n) is 9.77. The number of ether oxygens (including phenoxy) is 3. The Labute approximate surface area is 265 Å². The molecule has 1 N–H and O–H groups in total. The first-order valence-corrected chi connectivity index (χ1v) is 15.5. The number of carbonyl (C=O) groups is 2. The van der Waals surface area contributed by atoms with Crippen molar-refractivity contribution in [2.45, 2.75) is 23.1 Å². The second-order valence-corrected chi connectivity index (χ2v) is 11.9. The largest absolute Gasteiger partial charge is 0.503 e. The highest BCUT2D eigenvalue weighted by molar-refractivity contribution is 8.00. The van der Waals surface area contributed by atoms with Gasteiger partial charge in [0.25, 0.3) is 5.91 Å². The summed E-state index contributed by atoms with van der Waals surface area (Å²) in [5.74, 6) is -0.882. The van der Waals surface area contributed by atoms with E-state index in [2.05, 4.69) is 10.2 Å². The molecule has 1 aliphatic heterocycles. The Bertz CT molecular complexity index is 1940. The topological polar surface area (TPSA) is 124 Å². The van der Waals surface area contributed by atoms with Crippen LogP contribution in [0.5, 0.6) is 17.2 Å². The highest BCUT2D eigenvalue weighted by Gasteiger charge is 2.47. The summed E-state index contributed by atoms with van der Waals surface area (Å²) in [7, 11) is 2.97. The summed E-state index contributed by atoms with van der Waals surface area (Å²) in [6.45, 7) is 2.23. The van der Waals surface area contributed by atoms with Crippen LogP contribution in [-0.4, -0.2) is 47.8 Å². The number of halogens is 1. The fraction of sp³-hybridized carbons (Fsp3) is 0.188. The van der Waals surface area contributed by atoms with Crippen molar-refractivity contribution in [2.24, 2.45) is 0 Å². The predicted molar refractivity (Wildman–Crippen MR) is 167 cm³/mol. The number of para-hydroxylation sites is 1. The first-order valence-electron chi connectivity index (χ1n) is 13.7. The number of hydrogen-bond acceptors (Lipinski definition) is 11. The van der Waals surface area contributed by atoms with Crippen LogP contribution in [0.2, 0.25) is 0 Å². The van der Waals surface area contributed by atoms with Crippen molar-refractivity contribution in [3.63, 3.8) is 0 Å². The van der Waals surface area contributed by atoms with E-state index in [9.17, 15) is 19.1 Å². The Morgan fingerprint density at radius 3 is 2.56 bits per heavy atom. The Balaban J connectivity index is 1.40. The maximum atomic E-state index is 14.1. The first kappa shape index (κ1) is 30.2. The molecule has 0 saturated heterocycles. The van der Waals surface area contributed by atoms with Gasteiger partial charge in [-0.05, 0) is 54.4 Å². The van der Waals surface area contributed by atoms with Gasteiger partial charge in [-0.3, -0.25) is 14.5 Å². The van der Waals surface area contributed by atoms with E-state index in [-0.39, 0.29) is 22.3 Å². The number of anilines is 1. The minimum atomic E-state index is -1.10. The van der Waals surface area contributed by atoms with Crippen LogP contribution in [0.1, 0.15) is 34.6 Å². The lowest BCUT2D eigenvalue weighted by molar-refractivity contribution is -0.117. The Hall–Kier alpha value is -4.88. The van der Waals surface area contributed by atoms with Crippen LogP contribution in [-0.2, 0) is 10.5 Å². The Morgan fingerprint density at radius 2 is 1.82 bits per heavy atom. The highest BCUT2D eigenvalue weighted by atomic mass is 32.2. The number of aliphatic hydroxyl groups is 1. The summed E-state index contributed by atoms with van der Waals surface area (Å²) in [6.07, 6.45) is 0. The van der Waals surface area contributed by atoms with Gasteiger partial charge in [-0.25, -0.2) is 4.39 Å². The van der Waals surface area contributed by atoms with E-state index in [1.807, 2.05) is 6.92 Å². The van der Waals surface area contributed by atoms with Gasteiger partial charge >= 0.3 is 0 Å². The lowest BCUT2D eigenvalue weighted by Gasteiger charge is -2.24. The summed E-state index contributed by atoms with van der Waals surface area (Å²) < 4.78 is 36.4. The molecular formula is C32H26FN3O7S2. The highest BCUT2D eigenvalue weighted by Crippen LogP contribution is 2.46. The summed E-state index contributed by atoms with van der Waals surface area (Å²) in [5, 5.41) is 20.5. The van der Waals surface area contributed by atoms with Crippen LogP contribution in [0.25, 0.3) is 11.0 Å². The third-order valence-corrected chi connectivity index (χ3v) is 9.21. The van der Waals surface area contributed by atoms with Crippen molar-refractivity contribution < 1.29 is 37.7 Å². The van der Waals surface area contributed by atoms with Crippen LogP contribution in [0.4, 0.5) is 9.52 Å². The van der Waals surface area contributed by atoms with Gasteiger partial charge in [-0.1, -0.05) is 53.4 Å². The molecule has 230 valence electrons. The summed E-state index contributed by atoms with van der Waals surface area (Å²) in [4.78, 5) is 29.0. The number of aromatic nitrogens is 2. The normalized spacial score (nSPS) is 14.8. The number of aliphatic hydroxyl groups excluding tert-OH is 1. The zero-order valence-corrected chi connectivity index (χ0v) is 25.9. The number of nitrogens with zero attached hydrogens (tertiary/aromatic N) is 3. The van der Waals surface area contributed by atoms with Gasteiger partial charge in [0.05, 0.1) is 32.4 Å². The molecule has 0 aliphatic carbocycles. The van der Waals surface area contributed by atoms with Gasteiger partial charge in [0.15, 0.2) is 38.7 Å². The molecule has 0 spiro atoms. The van der Waals surface area contributed by atoms with Gasteiger partial charge in [0, 0.05) is 11.1 Å². The van der Waals surface area contributed by atoms with Crippen LogP contribution in [0.3, 0.4) is 0 Å². The number of ketones is 1. The molecule has 6 rings (SSSR count). The smallest absolute Gasteiger partial charge is 0.296 e. The minimum Gasteiger partial charge on any atom is -0.503 e. The fourth-order valence-corrected chi connectivity index (χ4v) is 6.83. The predicted octanol–water partition coefficient (Wildman–Crippen LogP) is 6.91. The van der Waals surface area contributed by atoms with Crippen molar-refractivity contribution >= 4 is 50.9 Å². The number of thioether (sulfide) groups is 1. The third kappa shape index (κ3) is 5.71. The van der Waals surface area contributed by atoms with Crippen LogP contribution < -0.4 is 19.1 Å². The van der Waals surface area contributed by atoms with E-state index in [0.29, 0.717) is 50.5 Å². The molecule has 1 atom stereocenters. The number of benzene rings is 3. The van der Waals surface area contributed by atoms with E-state index in [0.717, 1.165) is 16.9 Å². The van der Waals surface area contributed by atoms with E-state index < -0.39 is 23.5 Å². The lowest BCUT2D eigenvalue weighted by atomic mass is 9.95. The molecule has 45 heavy (non-hydrogen) atoms. The maximum absolute atomic E-state index is 14.1. The van der Waals surface area contributed by atoms with Gasteiger partial charge in [0.1, 0.15) is 5.82 Å². The number of fused-ring (bicyclic) bond motifs is 1. The second kappa shape index (κ2) is 12.6. The number of carbonyl (C=O) groups excluding carboxylic acids is 2. The summed E-state index contributed by atoms with van der Waals surface area (Å²) in [6, 6.07) is 16.8. The summed E-state index contributed by atoms with van der Waals surface area (Å²) in [5.41, 5.74) is 1.50. The minimum absolute atomic E-state index is 0.0820. The van der Waals surface area contributed by atoms with Crippen molar-refractivity contribution in [3.8, 4) is 17.2 Å². The SMILES string of the molecule is CCOc1ccc(C2C(C(=O)c3cc4cccc(OC)c4o3)=C(O)C(=O)N2c2nnc(SCc3ccc(F)cc3)s2)cc1OC. The number of Topliss-reactive ketones (excluding diaryl/α,β-unsaturated/α-hetero) is 1. The van der Waals surface area contributed by atoms with Crippen LogP contribution >= 0.6 is 23.1 Å². The molecule has 1 unspecified atom stereocenters. The van der Waals surface area contributed by atoms with E-state index in [1.165, 1.54) is 43.0 Å². The number of hydrogen-bond donors (Lipinski definition) is 1. The summed E-state index contributed by atoms with van der Waals surface area (Å²) >= 11 is 2.48. The van der Waals surface area contributed by atoms with E-state index in [1.54, 1.807) is 54.6 Å². The number of methoxy groups -OCH3 is 2. The Morgan fingerprint density at radius 1 is 1.04 bits per heavy atom. The fourth-order valence-electron chi connectivity index (χ4n) is 5.00. The van der Waals surface area contributed by atoms with E-state index >= 15 is 0 Å². The van der Waals surface area contributed by atoms with E-state index in [4.69, 9.17) is 18.6 Å². The zero-order valence-electron chi connectivity index (χ0n) is 24.3. The molecule has 1 amide bonds. The van der Waals surface area contributed by atoms with Gasteiger partial charge in [-0.15, -0.1) is 10.2 Å². The number of furan rings is 1. The first-order chi connectivity index (χ1) is 21.8. The molecule has 0 radical (unpaired) electrons. The molecule has 3 heterocycles. The Kier molecular flexibility index (Phi) is 8.46. The molecule has 13 heteroatoms. The number of amides is 1. The zero-order chi connectivity index (χ0) is 31.7. The van der Waals surface area contributed by atoms with Crippen molar-refractivity contribution in [1.29, 1.82) is 0 Å². The van der Waals surface area contributed by atoms with Crippen LogP contribution in [0.15, 0.2) is 86.8 Å². The standard InChI is InChI=1S/C32H26FN3O7S2/c1-4-42-21-13-10-18(14-23(21)41-3)26-25(27(37)24-15-19-6-5-7-22(40-2)29(19)43-24)28(38)30(39)36(26)31-34-35-32(45-31)44-16-17-8-11-20(33)12-9-17/h5-15,26,38H,4,16H2,1-3H3. The average molecular weight is 648 g/mol. The number of rotatable bonds is 11. The van der Waals surface area contributed by atoms with Crippen LogP contribution in [0, 0.1) is 5.82 Å². The van der Waals surface area contributed by atoms with Gasteiger partial charge in [-0.2, -0.15) is 0 Å². The molecule has 0 saturated carbocycles. The molecule has 0 fully saturated rings. The maximum Gasteiger partial charge on any atom is 0.296 e. The van der Waals surface area contributed by atoms with Crippen molar-refractivity contribution in [2.75, 3.05) is 25.7 Å². The molecule has 3 aromatic carbocycles. The molecule has 5 aromatic rings. The van der Waals surface area contributed by atoms with Crippen molar-refractivity contribution in [1.82, 2.24) is 10.2 Å². The lowest BCUT2D eigenvalue weighted by Crippen LogP contribution is -2.31. The monoisotopic (exact) mass is 647 g/mol. The molecule has 2 aromatic heterocycles. The third-order valence-electron chi connectivity index (χ3n) is 7.09. The van der Waals surface area contributed by atoms with Gasteiger partial charge < -0.3 is 23.7 Å². The van der Waals surface area contributed by atoms with Gasteiger partial charge in [0.2, 0.25) is 10.9 Å². The quantitative estimate of drug-likeness (QED) is 0.0918. The van der Waals surface area contributed by atoms with Crippen molar-refractivity contribution in [3.05, 3.63) is 101 Å².